The van der Waals surface area contributed by atoms with Crippen molar-refractivity contribution < 1.29 is 0 Å². The zero-order valence-electron chi connectivity index (χ0n) is 6.90. The van der Waals surface area contributed by atoms with Gasteiger partial charge < -0.3 is 5.43 Å². The molecule has 3 N–H and O–H groups in total. The normalized spacial score (nSPS) is 9.31. The van der Waals surface area contributed by atoms with Crippen LogP contribution in [0.3, 0.4) is 0 Å². The predicted molar refractivity (Wildman–Crippen MR) is 56.8 cm³/mol. The summed E-state index contributed by atoms with van der Waals surface area (Å²) in [5, 5.41) is 2.26. The quantitative estimate of drug-likeness (QED) is 0.540. The lowest BCUT2D eigenvalue weighted by Gasteiger charge is -2.00. The number of hydrazine groups is 1. The number of anilines is 1. The molecule has 4 heteroatoms. The largest absolute Gasteiger partial charge is 0.324 e. The van der Waals surface area contributed by atoms with E-state index in [1.54, 1.807) is 6.20 Å². The van der Waals surface area contributed by atoms with Gasteiger partial charge in [-0.05, 0) is 23.6 Å². The molecule has 2 rings (SSSR count). The lowest BCUT2D eigenvalue weighted by Crippen LogP contribution is -2.06. The Bertz CT molecular complexity index is 403. The average Bonchev–Trinajstić information content (AvgIpc) is 2.17. The minimum atomic E-state index is 0. The van der Waals surface area contributed by atoms with Crippen LogP contribution in [0.15, 0.2) is 36.7 Å². The van der Waals surface area contributed by atoms with E-state index in [1.165, 1.54) is 5.39 Å². The van der Waals surface area contributed by atoms with Crippen LogP contribution in [0.25, 0.3) is 10.8 Å². The number of nitrogen functional groups attached to an aromatic ring is 1. The second-order valence-electron chi connectivity index (χ2n) is 2.58. The number of rotatable bonds is 1. The van der Waals surface area contributed by atoms with Crippen molar-refractivity contribution in [3.63, 3.8) is 0 Å². The van der Waals surface area contributed by atoms with Gasteiger partial charge in [-0.25, -0.2) is 0 Å². The number of nitrogens with one attached hydrogen (secondary N) is 1. The average molecular weight is 196 g/mol. The SMILES string of the molecule is Cl.NNc1ccc2ccncc2c1. The summed E-state index contributed by atoms with van der Waals surface area (Å²) in [6.07, 6.45) is 3.59. The maximum absolute atomic E-state index is 5.27. The molecular formula is C9H10ClN3. The van der Waals surface area contributed by atoms with Gasteiger partial charge in [-0.1, -0.05) is 6.07 Å². The van der Waals surface area contributed by atoms with Crippen molar-refractivity contribution in [2.45, 2.75) is 0 Å². The maximum Gasteiger partial charge on any atom is 0.0492 e. The standard InChI is InChI=1S/C9H9N3.ClH/c10-12-9-2-1-7-3-4-11-6-8(7)5-9;/h1-6,12H,10H2;1H. The summed E-state index contributed by atoms with van der Waals surface area (Å²) < 4.78 is 0. The molecule has 1 heterocycles. The Hall–Kier alpha value is -1.32. The van der Waals surface area contributed by atoms with E-state index < -0.39 is 0 Å². The highest BCUT2D eigenvalue weighted by Crippen LogP contribution is 2.16. The molecule has 0 fully saturated rings. The fraction of sp³-hybridized carbons (Fsp3) is 0. The van der Waals surface area contributed by atoms with Crippen LogP contribution >= 0.6 is 12.4 Å². The van der Waals surface area contributed by atoms with Gasteiger partial charge in [0, 0.05) is 23.5 Å². The number of halogens is 1. The third kappa shape index (κ3) is 1.88. The summed E-state index contributed by atoms with van der Waals surface area (Å²) in [7, 11) is 0. The fourth-order valence-corrected chi connectivity index (χ4v) is 1.17. The molecule has 13 heavy (non-hydrogen) atoms. The molecule has 0 saturated carbocycles. The van der Waals surface area contributed by atoms with Crippen LogP contribution in [0.5, 0.6) is 0 Å². The van der Waals surface area contributed by atoms with Crippen LogP contribution in [-0.4, -0.2) is 4.98 Å². The first-order valence-electron chi connectivity index (χ1n) is 3.70. The van der Waals surface area contributed by atoms with E-state index in [9.17, 15) is 0 Å². The summed E-state index contributed by atoms with van der Waals surface area (Å²) in [6, 6.07) is 7.87. The van der Waals surface area contributed by atoms with Gasteiger partial charge in [-0.2, -0.15) is 0 Å². The molecule has 68 valence electrons. The monoisotopic (exact) mass is 195 g/mol. The number of benzene rings is 1. The lowest BCUT2D eigenvalue weighted by molar-refractivity contribution is 1.34. The Morgan fingerprint density at radius 3 is 2.77 bits per heavy atom. The topological polar surface area (TPSA) is 50.9 Å². The molecular weight excluding hydrogens is 186 g/mol. The number of nitrogens with zero attached hydrogens (tertiary/aromatic N) is 1. The predicted octanol–water partition coefficient (Wildman–Crippen LogP) is 1.94. The minimum absolute atomic E-state index is 0. The molecule has 3 nitrogen and oxygen atoms in total. The van der Waals surface area contributed by atoms with Gasteiger partial charge in [0.25, 0.3) is 0 Å². The number of hydrogen-bond donors (Lipinski definition) is 2. The Morgan fingerprint density at radius 2 is 2.00 bits per heavy atom. The van der Waals surface area contributed by atoms with Gasteiger partial charge in [0.1, 0.15) is 0 Å². The summed E-state index contributed by atoms with van der Waals surface area (Å²) in [5.41, 5.74) is 3.49. The van der Waals surface area contributed by atoms with E-state index in [0.717, 1.165) is 11.1 Å². The zero-order chi connectivity index (χ0) is 8.39. The Balaban J connectivity index is 0.000000845. The molecule has 0 saturated heterocycles. The number of pyridine rings is 1. The molecule has 0 spiro atoms. The van der Waals surface area contributed by atoms with Crippen LogP contribution in [-0.2, 0) is 0 Å². The van der Waals surface area contributed by atoms with E-state index in [4.69, 9.17) is 5.84 Å². The second kappa shape index (κ2) is 4.07. The summed E-state index contributed by atoms with van der Waals surface area (Å²) >= 11 is 0. The molecule has 0 radical (unpaired) electrons. The summed E-state index contributed by atoms with van der Waals surface area (Å²) in [6.45, 7) is 0. The Morgan fingerprint density at radius 1 is 1.15 bits per heavy atom. The van der Waals surface area contributed by atoms with E-state index in [-0.39, 0.29) is 12.4 Å². The molecule has 0 aliphatic heterocycles. The Labute approximate surface area is 82.3 Å². The first kappa shape index (κ1) is 9.77. The molecule has 0 aliphatic carbocycles. The maximum atomic E-state index is 5.27. The molecule has 0 aliphatic rings. The van der Waals surface area contributed by atoms with E-state index in [0.29, 0.717) is 0 Å². The number of aromatic nitrogens is 1. The first-order valence-corrected chi connectivity index (χ1v) is 3.70. The highest BCUT2D eigenvalue weighted by atomic mass is 35.5. The van der Waals surface area contributed by atoms with Crippen molar-refractivity contribution in [3.05, 3.63) is 36.7 Å². The molecule has 0 amide bonds. The van der Waals surface area contributed by atoms with Gasteiger partial charge in [-0.3, -0.25) is 10.8 Å². The third-order valence-corrected chi connectivity index (χ3v) is 1.81. The van der Waals surface area contributed by atoms with Crippen LogP contribution < -0.4 is 11.3 Å². The smallest absolute Gasteiger partial charge is 0.0492 e. The Kier molecular flexibility index (Phi) is 3.06. The van der Waals surface area contributed by atoms with Gasteiger partial charge in [0.2, 0.25) is 0 Å². The first-order chi connectivity index (χ1) is 5.90. The van der Waals surface area contributed by atoms with Gasteiger partial charge >= 0.3 is 0 Å². The molecule has 0 unspecified atom stereocenters. The number of nitrogens with two attached hydrogens (primary N) is 1. The minimum Gasteiger partial charge on any atom is -0.324 e. The van der Waals surface area contributed by atoms with Crippen molar-refractivity contribution in [3.8, 4) is 0 Å². The molecule has 1 aromatic carbocycles. The van der Waals surface area contributed by atoms with E-state index in [2.05, 4.69) is 10.4 Å². The van der Waals surface area contributed by atoms with Crippen molar-refractivity contribution in [1.29, 1.82) is 0 Å². The van der Waals surface area contributed by atoms with Crippen molar-refractivity contribution in [2.24, 2.45) is 5.84 Å². The summed E-state index contributed by atoms with van der Waals surface area (Å²) in [4.78, 5) is 4.02. The van der Waals surface area contributed by atoms with Crippen molar-refractivity contribution >= 4 is 28.9 Å². The second-order valence-corrected chi connectivity index (χ2v) is 2.58. The molecule has 2 aromatic rings. The fourth-order valence-electron chi connectivity index (χ4n) is 1.17. The highest BCUT2D eigenvalue weighted by Gasteiger charge is 1.92. The van der Waals surface area contributed by atoms with Gasteiger partial charge in [-0.15, -0.1) is 12.4 Å². The third-order valence-electron chi connectivity index (χ3n) is 1.81. The lowest BCUT2D eigenvalue weighted by atomic mass is 10.2. The summed E-state index contributed by atoms with van der Waals surface area (Å²) in [5.74, 6) is 5.27. The number of fused-ring (bicyclic) bond motifs is 1. The van der Waals surface area contributed by atoms with Crippen LogP contribution in [0, 0.1) is 0 Å². The van der Waals surface area contributed by atoms with E-state index in [1.807, 2.05) is 30.5 Å². The number of hydrogen-bond acceptors (Lipinski definition) is 3. The van der Waals surface area contributed by atoms with Gasteiger partial charge in [0.05, 0.1) is 0 Å². The molecule has 1 aromatic heterocycles. The van der Waals surface area contributed by atoms with Crippen LogP contribution in [0.4, 0.5) is 5.69 Å². The molecule has 0 bridgehead atoms. The van der Waals surface area contributed by atoms with Gasteiger partial charge in [0.15, 0.2) is 0 Å². The van der Waals surface area contributed by atoms with E-state index >= 15 is 0 Å². The van der Waals surface area contributed by atoms with Crippen molar-refractivity contribution in [1.82, 2.24) is 4.98 Å². The molecule has 0 atom stereocenters. The van der Waals surface area contributed by atoms with Crippen molar-refractivity contribution in [2.75, 3.05) is 5.43 Å². The zero-order valence-corrected chi connectivity index (χ0v) is 7.71. The highest BCUT2D eigenvalue weighted by molar-refractivity contribution is 5.85. The van der Waals surface area contributed by atoms with Crippen LogP contribution in [0.1, 0.15) is 0 Å². The van der Waals surface area contributed by atoms with Crippen LogP contribution in [0.2, 0.25) is 0 Å².